The van der Waals surface area contributed by atoms with Crippen molar-refractivity contribution in [2.75, 3.05) is 6.67 Å². The van der Waals surface area contributed by atoms with E-state index in [1.54, 1.807) is 0 Å². The summed E-state index contributed by atoms with van der Waals surface area (Å²) in [5.41, 5.74) is 0. The maximum absolute atomic E-state index is 11.3. The van der Waals surface area contributed by atoms with Crippen molar-refractivity contribution in [1.82, 2.24) is 10.2 Å². The van der Waals surface area contributed by atoms with Crippen LogP contribution in [0.5, 0.6) is 0 Å². The molecule has 2 fully saturated rings. The van der Waals surface area contributed by atoms with Gasteiger partial charge in [-0.1, -0.05) is 19.3 Å². The van der Waals surface area contributed by atoms with Crippen LogP contribution in [-0.2, 0) is 9.59 Å². The first kappa shape index (κ1) is 10.6. The van der Waals surface area contributed by atoms with Gasteiger partial charge in [0.25, 0.3) is 0 Å². The molecule has 0 unspecified atom stereocenters. The summed E-state index contributed by atoms with van der Waals surface area (Å²) in [6, 6.07) is 0.500. The van der Waals surface area contributed by atoms with Crippen molar-refractivity contribution in [3.05, 3.63) is 0 Å². The number of hydrogen-bond donors (Lipinski definition) is 1. The molecule has 15 heavy (non-hydrogen) atoms. The molecule has 0 aromatic carbocycles. The van der Waals surface area contributed by atoms with Crippen molar-refractivity contribution in [1.29, 1.82) is 0 Å². The summed E-state index contributed by atoms with van der Waals surface area (Å²) in [4.78, 5) is 24.0. The molecule has 84 valence electrons. The molecule has 1 aliphatic carbocycles. The van der Waals surface area contributed by atoms with Crippen LogP contribution in [-0.4, -0.2) is 29.4 Å². The van der Waals surface area contributed by atoms with Gasteiger partial charge in [0.2, 0.25) is 11.8 Å². The number of nitrogens with one attached hydrogen (secondary N) is 1. The summed E-state index contributed by atoms with van der Waals surface area (Å²) in [5, 5.41) is 3.31. The van der Waals surface area contributed by atoms with Crippen LogP contribution in [0.1, 0.15) is 44.9 Å². The molecule has 2 rings (SSSR count). The lowest BCUT2D eigenvalue weighted by Gasteiger charge is -2.25. The minimum absolute atomic E-state index is 0.0247. The molecular formula is C11H18N2O2. The number of hydrogen-bond acceptors (Lipinski definition) is 3. The zero-order valence-electron chi connectivity index (χ0n) is 9.00. The number of rotatable bonds is 3. The Morgan fingerprint density at radius 1 is 1.07 bits per heavy atom. The molecule has 0 spiro atoms. The quantitative estimate of drug-likeness (QED) is 0.707. The Labute approximate surface area is 90.0 Å². The van der Waals surface area contributed by atoms with Crippen molar-refractivity contribution in [3.8, 4) is 0 Å². The summed E-state index contributed by atoms with van der Waals surface area (Å²) >= 11 is 0. The Hall–Kier alpha value is -0.900. The second-order valence-electron chi connectivity index (χ2n) is 4.41. The highest BCUT2D eigenvalue weighted by Gasteiger charge is 2.28. The van der Waals surface area contributed by atoms with Crippen LogP contribution in [0, 0.1) is 0 Å². The fourth-order valence-corrected chi connectivity index (χ4v) is 2.33. The van der Waals surface area contributed by atoms with Crippen LogP contribution >= 0.6 is 0 Å². The normalized spacial score (nSPS) is 23.9. The standard InChI is InChI=1S/C11H18N2O2/c14-10-6-7-11(15)13(10)8-12-9-4-2-1-3-5-9/h9,12H,1-8H2. The third-order valence-corrected chi connectivity index (χ3v) is 3.30. The first-order valence-corrected chi connectivity index (χ1v) is 5.84. The topological polar surface area (TPSA) is 49.4 Å². The molecule has 1 saturated heterocycles. The summed E-state index contributed by atoms with van der Waals surface area (Å²) in [6.45, 7) is 0.419. The summed E-state index contributed by atoms with van der Waals surface area (Å²) < 4.78 is 0. The van der Waals surface area contributed by atoms with E-state index in [0.717, 1.165) is 0 Å². The minimum Gasteiger partial charge on any atom is -0.297 e. The van der Waals surface area contributed by atoms with Gasteiger partial charge in [-0.2, -0.15) is 0 Å². The second kappa shape index (κ2) is 4.75. The van der Waals surface area contributed by atoms with Crippen molar-refractivity contribution < 1.29 is 9.59 Å². The summed E-state index contributed by atoms with van der Waals surface area (Å²) in [6.07, 6.45) is 6.99. The molecule has 0 atom stereocenters. The van der Waals surface area contributed by atoms with Gasteiger partial charge in [-0.05, 0) is 12.8 Å². The Balaban J connectivity index is 1.76. The molecule has 1 N–H and O–H groups in total. The van der Waals surface area contributed by atoms with Crippen LogP contribution in [0.2, 0.25) is 0 Å². The number of amides is 2. The number of carbonyl (C=O) groups excluding carboxylic acids is 2. The van der Waals surface area contributed by atoms with E-state index >= 15 is 0 Å². The molecule has 4 nitrogen and oxygen atoms in total. The average Bonchev–Trinajstić information content (AvgIpc) is 2.58. The van der Waals surface area contributed by atoms with Gasteiger partial charge in [0.15, 0.2) is 0 Å². The molecule has 1 heterocycles. The van der Waals surface area contributed by atoms with Gasteiger partial charge in [0.05, 0.1) is 6.67 Å². The van der Waals surface area contributed by atoms with Crippen LogP contribution < -0.4 is 5.32 Å². The third kappa shape index (κ3) is 2.56. The van der Waals surface area contributed by atoms with Gasteiger partial charge in [0.1, 0.15) is 0 Å². The van der Waals surface area contributed by atoms with Crippen molar-refractivity contribution in [3.63, 3.8) is 0 Å². The zero-order valence-corrected chi connectivity index (χ0v) is 9.00. The number of imide groups is 1. The van der Waals surface area contributed by atoms with Gasteiger partial charge in [0, 0.05) is 18.9 Å². The van der Waals surface area contributed by atoms with E-state index in [9.17, 15) is 9.59 Å². The Morgan fingerprint density at radius 2 is 1.67 bits per heavy atom. The molecule has 4 heteroatoms. The average molecular weight is 210 g/mol. The molecule has 2 amide bonds. The maximum atomic E-state index is 11.3. The van der Waals surface area contributed by atoms with Crippen molar-refractivity contribution >= 4 is 11.8 Å². The maximum Gasteiger partial charge on any atom is 0.230 e. The van der Waals surface area contributed by atoms with Crippen LogP contribution in [0.4, 0.5) is 0 Å². The van der Waals surface area contributed by atoms with Gasteiger partial charge in [-0.25, -0.2) is 0 Å². The number of likely N-dealkylation sites (tertiary alicyclic amines) is 1. The van der Waals surface area contributed by atoms with Gasteiger partial charge in [-0.15, -0.1) is 0 Å². The predicted molar refractivity (Wildman–Crippen MR) is 56.0 cm³/mol. The molecule has 0 radical (unpaired) electrons. The van der Waals surface area contributed by atoms with Crippen LogP contribution in [0.15, 0.2) is 0 Å². The largest absolute Gasteiger partial charge is 0.297 e. The van der Waals surface area contributed by atoms with E-state index in [0.29, 0.717) is 25.6 Å². The third-order valence-electron chi connectivity index (χ3n) is 3.30. The van der Waals surface area contributed by atoms with E-state index in [1.165, 1.54) is 37.0 Å². The smallest absolute Gasteiger partial charge is 0.230 e. The summed E-state index contributed by atoms with van der Waals surface area (Å²) in [5.74, 6) is -0.0494. The van der Waals surface area contributed by atoms with E-state index in [1.807, 2.05) is 0 Å². The number of carbonyl (C=O) groups is 2. The van der Waals surface area contributed by atoms with E-state index in [2.05, 4.69) is 5.32 Å². The first-order chi connectivity index (χ1) is 7.27. The molecular weight excluding hydrogens is 192 g/mol. The Kier molecular flexibility index (Phi) is 3.36. The van der Waals surface area contributed by atoms with E-state index in [-0.39, 0.29) is 11.8 Å². The first-order valence-electron chi connectivity index (χ1n) is 5.84. The predicted octanol–water partition coefficient (Wildman–Crippen LogP) is 1.02. The highest BCUT2D eigenvalue weighted by Crippen LogP contribution is 2.18. The lowest BCUT2D eigenvalue weighted by molar-refractivity contribution is -0.138. The highest BCUT2D eigenvalue weighted by atomic mass is 16.2. The van der Waals surface area contributed by atoms with Crippen molar-refractivity contribution in [2.45, 2.75) is 51.0 Å². The molecule has 2 aliphatic rings. The van der Waals surface area contributed by atoms with Crippen LogP contribution in [0.3, 0.4) is 0 Å². The summed E-state index contributed by atoms with van der Waals surface area (Å²) in [7, 11) is 0. The molecule has 1 aliphatic heterocycles. The zero-order chi connectivity index (χ0) is 10.7. The monoisotopic (exact) mass is 210 g/mol. The lowest BCUT2D eigenvalue weighted by atomic mass is 9.96. The molecule has 0 aromatic heterocycles. The molecule has 1 saturated carbocycles. The fourth-order valence-electron chi connectivity index (χ4n) is 2.33. The molecule has 0 bridgehead atoms. The van der Waals surface area contributed by atoms with Gasteiger partial charge in [-0.3, -0.25) is 19.8 Å². The lowest BCUT2D eigenvalue weighted by Crippen LogP contribution is -2.43. The Morgan fingerprint density at radius 3 is 2.27 bits per heavy atom. The van der Waals surface area contributed by atoms with Crippen molar-refractivity contribution in [2.24, 2.45) is 0 Å². The van der Waals surface area contributed by atoms with Crippen LogP contribution in [0.25, 0.3) is 0 Å². The minimum atomic E-state index is -0.0247. The SMILES string of the molecule is O=C1CCC(=O)N1CNC1CCCCC1. The van der Waals surface area contributed by atoms with E-state index in [4.69, 9.17) is 0 Å². The highest BCUT2D eigenvalue weighted by molar-refractivity contribution is 6.01. The van der Waals surface area contributed by atoms with E-state index < -0.39 is 0 Å². The number of nitrogens with zero attached hydrogens (tertiary/aromatic N) is 1. The van der Waals surface area contributed by atoms with Gasteiger partial charge < -0.3 is 0 Å². The fraction of sp³-hybridized carbons (Fsp3) is 0.818. The van der Waals surface area contributed by atoms with Gasteiger partial charge >= 0.3 is 0 Å². The molecule has 0 aromatic rings. The Bertz CT molecular complexity index is 243. The second-order valence-corrected chi connectivity index (χ2v) is 4.41.